The average molecular weight is 396 g/mol. The molecule has 10 heteroatoms. The average Bonchev–Trinajstić information content (AvgIpc) is 2.85. The van der Waals surface area contributed by atoms with E-state index < -0.39 is 33.9 Å². The molecule has 3 rings (SSSR count). The van der Waals surface area contributed by atoms with Crippen molar-refractivity contribution in [2.24, 2.45) is 0 Å². The van der Waals surface area contributed by atoms with E-state index in [0.717, 1.165) is 12.1 Å². The number of nitrogens with zero attached hydrogens (tertiary/aromatic N) is 3. The fourth-order valence-electron chi connectivity index (χ4n) is 2.71. The number of aromatic hydroxyl groups is 1. The maximum Gasteiger partial charge on any atom is 0.417 e. The molecular weight excluding hydrogens is 381 g/mol. The highest BCUT2D eigenvalue weighted by Gasteiger charge is 2.46. The first-order chi connectivity index (χ1) is 12.6. The van der Waals surface area contributed by atoms with E-state index in [1.807, 2.05) is 0 Å². The second kappa shape index (κ2) is 6.44. The number of halogens is 3. The van der Waals surface area contributed by atoms with Gasteiger partial charge < -0.3 is 5.11 Å². The predicted molar refractivity (Wildman–Crippen MR) is 94.0 cm³/mol. The number of pyridine rings is 1. The number of anilines is 1. The van der Waals surface area contributed by atoms with E-state index in [1.165, 1.54) is 29.4 Å². The molecule has 2 aromatic rings. The Balaban J connectivity index is 2.02. The molecule has 0 saturated carbocycles. The highest BCUT2D eigenvalue weighted by molar-refractivity contribution is 8.28. The van der Waals surface area contributed by atoms with Crippen molar-refractivity contribution in [2.75, 3.05) is 5.01 Å². The van der Waals surface area contributed by atoms with Crippen LogP contribution >= 0.6 is 11.1 Å². The van der Waals surface area contributed by atoms with Crippen molar-refractivity contribution in [2.45, 2.75) is 30.5 Å². The van der Waals surface area contributed by atoms with Gasteiger partial charge in [0.25, 0.3) is 0 Å². The summed E-state index contributed by atoms with van der Waals surface area (Å²) in [6.45, 7) is 3.29. The second-order valence-electron chi connectivity index (χ2n) is 6.35. The third-order valence-electron chi connectivity index (χ3n) is 4.16. The van der Waals surface area contributed by atoms with Gasteiger partial charge in [-0.05, 0) is 38.1 Å². The molecule has 0 amide bonds. The molecule has 1 aromatic heterocycles. The first-order valence-corrected chi connectivity index (χ1v) is 9.07. The van der Waals surface area contributed by atoms with Gasteiger partial charge >= 0.3 is 6.18 Å². The third kappa shape index (κ3) is 3.31. The SMILES string of the molecule is CC1(C)C(=O)[SH](c2ccc(C#N)c(C(F)(F)F)c2)NN1c1ccc(O)nc1. The predicted octanol–water partition coefficient (Wildman–Crippen LogP) is 3.28. The van der Waals surface area contributed by atoms with E-state index in [-0.39, 0.29) is 15.9 Å². The maximum atomic E-state index is 13.2. The monoisotopic (exact) mass is 396 g/mol. The smallest absolute Gasteiger partial charge is 0.417 e. The molecule has 2 heterocycles. The molecule has 2 N–H and O–H groups in total. The molecule has 0 bridgehead atoms. The van der Waals surface area contributed by atoms with Gasteiger partial charge in [0.1, 0.15) is 5.54 Å². The largest absolute Gasteiger partial charge is 0.493 e. The van der Waals surface area contributed by atoms with Crippen LogP contribution in [0.5, 0.6) is 5.88 Å². The minimum absolute atomic E-state index is 0.170. The zero-order chi connectivity index (χ0) is 20.0. The molecule has 0 radical (unpaired) electrons. The minimum Gasteiger partial charge on any atom is -0.493 e. The van der Waals surface area contributed by atoms with Gasteiger partial charge in [-0.3, -0.25) is 9.80 Å². The molecule has 27 heavy (non-hydrogen) atoms. The lowest BCUT2D eigenvalue weighted by Crippen LogP contribution is -2.46. The van der Waals surface area contributed by atoms with Crippen LogP contribution in [0.1, 0.15) is 25.0 Å². The van der Waals surface area contributed by atoms with Gasteiger partial charge in [-0.25, -0.2) is 4.98 Å². The van der Waals surface area contributed by atoms with Gasteiger partial charge in [-0.15, -0.1) is 0 Å². The lowest BCUT2D eigenvalue weighted by molar-refractivity contribution is -0.138. The number of alkyl halides is 3. The summed E-state index contributed by atoms with van der Waals surface area (Å²) in [7, 11) is 0. The van der Waals surface area contributed by atoms with Crippen LogP contribution in [0.4, 0.5) is 18.9 Å². The first-order valence-electron chi connectivity index (χ1n) is 7.73. The van der Waals surface area contributed by atoms with Crippen LogP contribution in [0, 0.1) is 11.3 Å². The summed E-state index contributed by atoms with van der Waals surface area (Å²) in [6.07, 6.45) is -3.34. The summed E-state index contributed by atoms with van der Waals surface area (Å²) in [6, 6.07) is 7.71. The van der Waals surface area contributed by atoms with Crippen LogP contribution in [0.2, 0.25) is 0 Å². The number of hydrogen-bond donors (Lipinski definition) is 3. The summed E-state index contributed by atoms with van der Waals surface area (Å²) >= 11 is -1.80. The van der Waals surface area contributed by atoms with Crippen molar-refractivity contribution >= 4 is 21.9 Å². The molecule has 1 aromatic carbocycles. The molecule has 0 spiro atoms. The Morgan fingerprint density at radius 3 is 2.56 bits per heavy atom. The summed E-state index contributed by atoms with van der Waals surface area (Å²) in [5.74, 6) is -0.189. The number of nitrogens with one attached hydrogen (secondary N) is 1. The van der Waals surface area contributed by atoms with Gasteiger partial charge in [-0.1, -0.05) is 11.1 Å². The lowest BCUT2D eigenvalue weighted by Gasteiger charge is -2.29. The topological polar surface area (TPSA) is 89.2 Å². The molecule has 1 fully saturated rings. The Morgan fingerprint density at radius 2 is 2.00 bits per heavy atom. The van der Waals surface area contributed by atoms with Crippen LogP contribution in [0.3, 0.4) is 0 Å². The highest BCUT2D eigenvalue weighted by atomic mass is 32.2. The Labute approximate surface area is 155 Å². The molecule has 0 aliphatic carbocycles. The Hall–Kier alpha value is -2.77. The number of carbonyl (C=O) groups excluding carboxylic acids is 1. The molecule has 142 valence electrons. The number of carbonyl (C=O) groups is 1. The molecular formula is C17H15F3N4O2S. The van der Waals surface area contributed by atoms with E-state index in [9.17, 15) is 23.1 Å². The van der Waals surface area contributed by atoms with E-state index in [0.29, 0.717) is 5.69 Å². The lowest BCUT2D eigenvalue weighted by atomic mass is 10.1. The van der Waals surface area contributed by atoms with Crippen molar-refractivity contribution in [1.29, 1.82) is 5.26 Å². The van der Waals surface area contributed by atoms with Crippen LogP contribution in [-0.4, -0.2) is 20.7 Å². The second-order valence-corrected chi connectivity index (χ2v) is 8.14. The van der Waals surface area contributed by atoms with E-state index in [1.54, 1.807) is 19.9 Å². The van der Waals surface area contributed by atoms with Gasteiger partial charge in [-0.2, -0.15) is 23.3 Å². The zero-order valence-corrected chi connectivity index (χ0v) is 15.1. The van der Waals surface area contributed by atoms with Gasteiger partial charge in [0, 0.05) is 11.0 Å². The fraction of sp³-hybridized carbons (Fsp3) is 0.235. The van der Waals surface area contributed by atoms with Crippen LogP contribution in [-0.2, 0) is 11.0 Å². The van der Waals surface area contributed by atoms with Crippen molar-refractivity contribution in [3.8, 4) is 11.9 Å². The summed E-state index contributed by atoms with van der Waals surface area (Å²) in [4.78, 5) is 19.8. The molecule has 1 atom stereocenters. The van der Waals surface area contributed by atoms with E-state index in [2.05, 4.69) is 9.82 Å². The van der Waals surface area contributed by atoms with E-state index in [4.69, 9.17) is 5.26 Å². The number of thiol groups is 1. The number of rotatable bonds is 2. The molecule has 1 unspecified atom stereocenters. The summed E-state index contributed by atoms with van der Waals surface area (Å²) in [5.41, 5.74) is -2.12. The highest BCUT2D eigenvalue weighted by Crippen LogP contribution is 2.48. The summed E-state index contributed by atoms with van der Waals surface area (Å²) in [5, 5.41) is 19.5. The van der Waals surface area contributed by atoms with Gasteiger partial charge in [0.15, 0.2) is 0 Å². The Morgan fingerprint density at radius 1 is 1.30 bits per heavy atom. The molecule has 1 aliphatic heterocycles. The first kappa shape index (κ1) is 19.0. The minimum atomic E-state index is -4.70. The maximum absolute atomic E-state index is 13.2. The molecule has 1 saturated heterocycles. The van der Waals surface area contributed by atoms with Crippen molar-refractivity contribution < 1.29 is 23.1 Å². The standard InChI is InChI=1S/C17H15F3N4O2S/c1-16(2)15(26)27(23-24(16)11-4-6-14(25)22-9-11)12-5-3-10(8-21)13(7-12)17(18,19)20/h3-7,9,23,27H,1-2H3,(H,22,25). The number of aromatic nitrogens is 1. The Kier molecular flexibility index (Phi) is 4.53. The number of hydrazine groups is 1. The van der Waals surface area contributed by atoms with Crippen LogP contribution < -0.4 is 9.84 Å². The van der Waals surface area contributed by atoms with Crippen molar-refractivity contribution in [1.82, 2.24) is 9.82 Å². The van der Waals surface area contributed by atoms with E-state index >= 15 is 0 Å². The Bertz CT molecular complexity index is 939. The third-order valence-corrected chi connectivity index (χ3v) is 6.31. The van der Waals surface area contributed by atoms with Crippen molar-refractivity contribution in [3.05, 3.63) is 47.7 Å². The van der Waals surface area contributed by atoms with Crippen LogP contribution in [0.25, 0.3) is 0 Å². The van der Waals surface area contributed by atoms with Crippen molar-refractivity contribution in [3.63, 3.8) is 0 Å². The zero-order valence-electron chi connectivity index (χ0n) is 14.2. The molecule has 1 aliphatic rings. The fourth-order valence-corrected chi connectivity index (χ4v) is 4.84. The van der Waals surface area contributed by atoms with Gasteiger partial charge in [0.05, 0.1) is 29.1 Å². The molecule has 6 nitrogen and oxygen atoms in total. The van der Waals surface area contributed by atoms with Crippen LogP contribution in [0.15, 0.2) is 41.4 Å². The number of nitriles is 1. The normalized spacial score (nSPS) is 20.5. The quantitative estimate of drug-likeness (QED) is 0.675. The number of benzene rings is 1. The summed E-state index contributed by atoms with van der Waals surface area (Å²) < 4.78 is 39.7. The number of hydrogen-bond acceptors (Lipinski definition) is 6. The van der Waals surface area contributed by atoms with Gasteiger partial charge in [0.2, 0.25) is 11.0 Å².